The number of carbonyl (C=O) groups is 1. The van der Waals surface area contributed by atoms with Crippen LogP contribution in [0.3, 0.4) is 0 Å². The van der Waals surface area contributed by atoms with Crippen LogP contribution < -0.4 is 5.32 Å². The molecule has 0 saturated carbocycles. The minimum atomic E-state index is 0.00466. The Labute approximate surface area is 172 Å². The molecule has 27 heavy (non-hydrogen) atoms. The fraction of sp³-hybridized carbons (Fsp3) is 0.211. The zero-order valence-corrected chi connectivity index (χ0v) is 17.0. The molecule has 0 fully saturated rings. The van der Waals surface area contributed by atoms with Crippen molar-refractivity contribution in [1.82, 2.24) is 14.8 Å². The van der Waals surface area contributed by atoms with Gasteiger partial charge in [0.1, 0.15) is 0 Å². The minimum Gasteiger partial charge on any atom is -0.377 e. The van der Waals surface area contributed by atoms with Gasteiger partial charge in [0.25, 0.3) is 0 Å². The van der Waals surface area contributed by atoms with Crippen molar-refractivity contribution in [3.8, 4) is 0 Å². The number of benzene rings is 2. The van der Waals surface area contributed by atoms with Gasteiger partial charge < -0.3 is 9.88 Å². The monoisotopic (exact) mass is 420 g/mol. The normalized spacial score (nSPS) is 10.8. The zero-order valence-electron chi connectivity index (χ0n) is 14.7. The van der Waals surface area contributed by atoms with Gasteiger partial charge in [-0.05, 0) is 48.5 Å². The molecule has 0 bridgehead atoms. The van der Waals surface area contributed by atoms with E-state index in [1.54, 1.807) is 12.1 Å². The Balaban J connectivity index is 1.65. The summed E-state index contributed by atoms with van der Waals surface area (Å²) in [6.45, 7) is 3.13. The van der Waals surface area contributed by atoms with Gasteiger partial charge >= 0.3 is 0 Å². The molecule has 0 unspecified atom stereocenters. The summed E-state index contributed by atoms with van der Waals surface area (Å²) >= 11 is 13.1. The summed E-state index contributed by atoms with van der Waals surface area (Å²) in [6, 6.07) is 14.8. The highest BCUT2D eigenvalue weighted by molar-refractivity contribution is 8.13. The molecular weight excluding hydrogens is 403 g/mol. The number of para-hydroxylation sites is 1. The number of hydrogen-bond acceptors (Lipinski definition) is 5. The van der Waals surface area contributed by atoms with Crippen LogP contribution >= 0.6 is 35.0 Å². The van der Waals surface area contributed by atoms with Crippen molar-refractivity contribution in [2.75, 3.05) is 5.32 Å². The molecular formula is C19H18Cl2N4OS. The number of aromatic nitrogens is 3. The molecule has 8 heteroatoms. The zero-order chi connectivity index (χ0) is 19.2. The maximum atomic E-state index is 12.4. The third-order valence-corrected chi connectivity index (χ3v) is 5.33. The molecule has 0 amide bonds. The van der Waals surface area contributed by atoms with Gasteiger partial charge in [0.2, 0.25) is 5.12 Å². The Bertz CT molecular complexity index is 928. The fourth-order valence-corrected chi connectivity index (χ4v) is 3.73. The maximum absolute atomic E-state index is 12.4. The molecule has 0 radical (unpaired) electrons. The maximum Gasteiger partial charge on any atom is 0.201 e. The van der Waals surface area contributed by atoms with E-state index < -0.39 is 0 Å². The van der Waals surface area contributed by atoms with E-state index >= 15 is 0 Å². The second kappa shape index (κ2) is 9.26. The van der Waals surface area contributed by atoms with Crippen LogP contribution in [0.2, 0.25) is 10.0 Å². The Morgan fingerprint density at radius 3 is 2.56 bits per heavy atom. The number of hydrogen-bond donors (Lipinski definition) is 1. The Morgan fingerprint density at radius 2 is 1.85 bits per heavy atom. The number of rotatable bonds is 7. The highest BCUT2D eigenvalue weighted by Gasteiger charge is 2.16. The third kappa shape index (κ3) is 5.25. The molecule has 1 N–H and O–H groups in total. The third-order valence-electron chi connectivity index (χ3n) is 3.89. The first-order chi connectivity index (χ1) is 13.1. The predicted octanol–water partition coefficient (Wildman–Crippen LogP) is 5.08. The Hall–Kier alpha value is -2.02. The van der Waals surface area contributed by atoms with Gasteiger partial charge in [0.05, 0.1) is 17.3 Å². The molecule has 0 atom stereocenters. The Morgan fingerprint density at radius 1 is 1.11 bits per heavy atom. The first-order valence-corrected chi connectivity index (χ1v) is 9.99. The summed E-state index contributed by atoms with van der Waals surface area (Å²) in [5.41, 5.74) is 1.75. The van der Waals surface area contributed by atoms with E-state index in [4.69, 9.17) is 23.2 Å². The number of halogens is 2. The summed E-state index contributed by atoms with van der Waals surface area (Å²) < 4.78 is 1.92. The van der Waals surface area contributed by atoms with Gasteiger partial charge in [-0.25, -0.2) is 0 Å². The first-order valence-electron chi connectivity index (χ1n) is 8.42. The Kier molecular flexibility index (Phi) is 6.77. The molecule has 0 aliphatic carbocycles. The second-order valence-electron chi connectivity index (χ2n) is 5.75. The molecule has 140 valence electrons. The smallest absolute Gasteiger partial charge is 0.201 e. The fourth-order valence-electron chi connectivity index (χ4n) is 2.53. The molecule has 1 heterocycles. The molecule has 5 nitrogen and oxygen atoms in total. The van der Waals surface area contributed by atoms with Crippen molar-refractivity contribution in [3.05, 3.63) is 70.0 Å². The summed E-state index contributed by atoms with van der Waals surface area (Å²) in [7, 11) is 0. The van der Waals surface area contributed by atoms with E-state index in [0.717, 1.165) is 28.8 Å². The molecule has 3 rings (SSSR count). The number of thioether (sulfide) groups is 1. The predicted molar refractivity (Wildman–Crippen MR) is 110 cm³/mol. The average Bonchev–Trinajstić information content (AvgIpc) is 3.04. The van der Waals surface area contributed by atoms with Gasteiger partial charge in [-0.3, -0.25) is 4.79 Å². The summed E-state index contributed by atoms with van der Waals surface area (Å²) in [5.74, 6) is 0.749. The van der Waals surface area contributed by atoms with Crippen LogP contribution in [0.5, 0.6) is 0 Å². The lowest BCUT2D eigenvalue weighted by atomic mass is 10.2. The number of anilines is 1. The molecule has 3 aromatic rings. The van der Waals surface area contributed by atoms with E-state index in [0.29, 0.717) is 34.7 Å². The first kappa shape index (κ1) is 19.7. The quantitative estimate of drug-likeness (QED) is 0.540. The average molecular weight is 421 g/mol. The minimum absolute atomic E-state index is 0.00466. The van der Waals surface area contributed by atoms with E-state index in [9.17, 15) is 4.79 Å². The molecule has 0 spiro atoms. The SMILES string of the molecule is CCn1c(CNc2ccccc2Cl)nnc1SC(=O)Cc1ccc(Cl)cc1. The van der Waals surface area contributed by atoms with Crippen molar-refractivity contribution < 1.29 is 4.79 Å². The van der Waals surface area contributed by atoms with Gasteiger partial charge in [-0.1, -0.05) is 47.5 Å². The highest BCUT2D eigenvalue weighted by atomic mass is 35.5. The standard InChI is InChI=1S/C19H18Cl2N4OS/c1-2-25-17(12-22-16-6-4-3-5-15(16)21)23-24-19(25)27-18(26)11-13-7-9-14(20)10-8-13/h3-10,22H,2,11-12H2,1H3. The van der Waals surface area contributed by atoms with Crippen molar-refractivity contribution >= 4 is 45.8 Å². The summed E-state index contributed by atoms with van der Waals surface area (Å²) in [5, 5.41) is 13.5. The lowest BCUT2D eigenvalue weighted by Gasteiger charge is -2.10. The van der Waals surface area contributed by atoms with Crippen LogP contribution in [0.1, 0.15) is 18.3 Å². The van der Waals surface area contributed by atoms with Gasteiger partial charge in [0, 0.05) is 18.0 Å². The molecule has 1 aromatic heterocycles. The van der Waals surface area contributed by atoms with E-state index in [2.05, 4.69) is 15.5 Å². The van der Waals surface area contributed by atoms with E-state index in [1.807, 2.05) is 47.9 Å². The topological polar surface area (TPSA) is 59.8 Å². The van der Waals surface area contributed by atoms with Crippen LogP contribution in [0.4, 0.5) is 5.69 Å². The second-order valence-corrected chi connectivity index (χ2v) is 7.62. The van der Waals surface area contributed by atoms with Crippen molar-refractivity contribution in [2.45, 2.75) is 31.6 Å². The van der Waals surface area contributed by atoms with Crippen LogP contribution in [0.15, 0.2) is 53.7 Å². The van der Waals surface area contributed by atoms with Crippen molar-refractivity contribution in [1.29, 1.82) is 0 Å². The number of nitrogens with one attached hydrogen (secondary N) is 1. The van der Waals surface area contributed by atoms with Crippen molar-refractivity contribution in [2.24, 2.45) is 0 Å². The van der Waals surface area contributed by atoms with Crippen LogP contribution in [0, 0.1) is 0 Å². The lowest BCUT2D eigenvalue weighted by Crippen LogP contribution is -2.09. The van der Waals surface area contributed by atoms with E-state index in [1.165, 1.54) is 0 Å². The lowest BCUT2D eigenvalue weighted by molar-refractivity contribution is -0.110. The van der Waals surface area contributed by atoms with Gasteiger partial charge in [-0.2, -0.15) is 0 Å². The highest BCUT2D eigenvalue weighted by Crippen LogP contribution is 2.23. The molecule has 0 saturated heterocycles. The van der Waals surface area contributed by atoms with E-state index in [-0.39, 0.29) is 5.12 Å². The van der Waals surface area contributed by atoms with Crippen LogP contribution in [0.25, 0.3) is 0 Å². The van der Waals surface area contributed by atoms with Gasteiger partial charge in [0.15, 0.2) is 11.0 Å². The molecule has 0 aliphatic heterocycles. The largest absolute Gasteiger partial charge is 0.377 e. The van der Waals surface area contributed by atoms with Crippen LogP contribution in [-0.4, -0.2) is 19.9 Å². The number of nitrogens with zero attached hydrogens (tertiary/aromatic N) is 3. The molecule has 2 aromatic carbocycles. The van der Waals surface area contributed by atoms with Crippen LogP contribution in [-0.2, 0) is 24.3 Å². The summed E-state index contributed by atoms with van der Waals surface area (Å²) in [4.78, 5) is 12.4. The number of carbonyl (C=O) groups excluding carboxylic acids is 1. The van der Waals surface area contributed by atoms with Crippen molar-refractivity contribution in [3.63, 3.8) is 0 Å². The molecule has 0 aliphatic rings. The van der Waals surface area contributed by atoms with Gasteiger partial charge in [-0.15, -0.1) is 10.2 Å². The summed E-state index contributed by atoms with van der Waals surface area (Å²) in [6.07, 6.45) is 0.311.